The molecule has 0 aromatic heterocycles. The van der Waals surface area contributed by atoms with Gasteiger partial charge >= 0.3 is 18.2 Å². The molecule has 0 bridgehead atoms. The van der Waals surface area contributed by atoms with E-state index >= 15 is 0 Å². The summed E-state index contributed by atoms with van der Waals surface area (Å²) >= 11 is 0. The largest absolute Gasteiger partial charge is 0.461 e. The third kappa shape index (κ3) is 9.63. The van der Waals surface area contributed by atoms with Gasteiger partial charge in [0.1, 0.15) is 17.8 Å². The number of hydrogen-bond acceptors (Lipinski definition) is 6. The van der Waals surface area contributed by atoms with Gasteiger partial charge in [-0.15, -0.1) is 0 Å². The zero-order valence-electron chi connectivity index (χ0n) is 16.9. The molecule has 0 spiro atoms. The van der Waals surface area contributed by atoms with Crippen LogP contribution in [0.3, 0.4) is 0 Å². The van der Waals surface area contributed by atoms with Gasteiger partial charge < -0.3 is 14.2 Å². The van der Waals surface area contributed by atoms with Crippen molar-refractivity contribution in [3.8, 4) is 0 Å². The maximum atomic E-state index is 12.3. The molecule has 0 atom stereocenters. The molecule has 0 unspecified atom stereocenters. The topological polar surface area (TPSA) is 82.1 Å². The Morgan fingerprint density at radius 2 is 1.33 bits per heavy atom. The third-order valence-electron chi connectivity index (χ3n) is 3.01. The Balaban J connectivity index is 2.68. The monoisotopic (exact) mass is 379 g/mol. The maximum Gasteiger partial charge on any atom is 0.419 e. The first-order valence-corrected chi connectivity index (χ1v) is 8.80. The number of carbonyl (C=O) groups is 3. The summed E-state index contributed by atoms with van der Waals surface area (Å²) in [6.45, 7) is 10.0. The first-order chi connectivity index (χ1) is 12.4. The third-order valence-corrected chi connectivity index (χ3v) is 3.01. The van der Waals surface area contributed by atoms with Gasteiger partial charge in [-0.1, -0.05) is 30.3 Å². The first-order valence-electron chi connectivity index (χ1n) is 8.80. The molecule has 1 aromatic rings. The Kier molecular flexibility index (Phi) is 7.82. The van der Waals surface area contributed by atoms with Gasteiger partial charge in [-0.2, -0.15) is 0 Å². The number of rotatable bonds is 5. The van der Waals surface area contributed by atoms with Crippen LogP contribution in [0.5, 0.6) is 0 Å². The highest BCUT2D eigenvalue weighted by Gasteiger charge is 2.31. The van der Waals surface area contributed by atoms with Crippen LogP contribution in [-0.2, 0) is 25.6 Å². The predicted molar refractivity (Wildman–Crippen MR) is 100 cm³/mol. The van der Waals surface area contributed by atoms with E-state index in [2.05, 4.69) is 0 Å². The summed E-state index contributed by atoms with van der Waals surface area (Å²) in [5, 5.41) is 0. The van der Waals surface area contributed by atoms with Crippen LogP contribution in [0.15, 0.2) is 30.3 Å². The van der Waals surface area contributed by atoms with E-state index in [0.29, 0.717) is 0 Å². The van der Waals surface area contributed by atoms with E-state index < -0.39 is 29.4 Å². The smallest absolute Gasteiger partial charge is 0.419 e. The quantitative estimate of drug-likeness (QED) is 0.561. The molecule has 0 saturated heterocycles. The molecule has 0 fully saturated rings. The number of hydrogen-bond donors (Lipinski definition) is 0. The molecule has 7 nitrogen and oxygen atoms in total. The van der Waals surface area contributed by atoms with Crippen molar-refractivity contribution in [2.24, 2.45) is 0 Å². The SMILES string of the molecule is CC(C)(C)OC(=O)N(CCC(=O)OCc1ccccc1)C(=O)OC(C)(C)C. The predicted octanol–water partition coefficient (Wildman–Crippen LogP) is 4.29. The normalized spacial score (nSPS) is 11.5. The lowest BCUT2D eigenvalue weighted by atomic mass is 10.2. The lowest BCUT2D eigenvalue weighted by molar-refractivity contribution is -0.145. The molecule has 0 N–H and O–H groups in total. The van der Waals surface area contributed by atoms with E-state index in [0.717, 1.165) is 10.5 Å². The molecule has 0 radical (unpaired) electrons. The molecule has 27 heavy (non-hydrogen) atoms. The lowest BCUT2D eigenvalue weighted by Crippen LogP contribution is -2.44. The van der Waals surface area contributed by atoms with E-state index in [4.69, 9.17) is 14.2 Å². The molecular formula is C20H29NO6. The van der Waals surface area contributed by atoms with Crippen molar-refractivity contribution < 1.29 is 28.6 Å². The van der Waals surface area contributed by atoms with Crippen LogP contribution < -0.4 is 0 Å². The molecule has 0 aliphatic carbocycles. The fourth-order valence-corrected chi connectivity index (χ4v) is 1.90. The van der Waals surface area contributed by atoms with Crippen molar-refractivity contribution in [2.75, 3.05) is 6.54 Å². The number of ether oxygens (including phenoxy) is 3. The van der Waals surface area contributed by atoms with E-state index in [-0.39, 0.29) is 19.6 Å². The van der Waals surface area contributed by atoms with Crippen LogP contribution in [0, 0.1) is 0 Å². The summed E-state index contributed by atoms with van der Waals surface area (Å²) in [6.07, 6.45) is -1.90. The number of nitrogens with zero attached hydrogens (tertiary/aromatic N) is 1. The van der Waals surface area contributed by atoms with Crippen LogP contribution in [0.25, 0.3) is 0 Å². The highest BCUT2D eigenvalue weighted by molar-refractivity contribution is 5.88. The van der Waals surface area contributed by atoms with Gasteiger partial charge in [-0.05, 0) is 47.1 Å². The van der Waals surface area contributed by atoms with Gasteiger partial charge in [0.25, 0.3) is 0 Å². The number of imide groups is 1. The molecular weight excluding hydrogens is 350 g/mol. The van der Waals surface area contributed by atoms with Gasteiger partial charge in [-0.3, -0.25) is 4.79 Å². The Labute approximate surface area is 160 Å². The Morgan fingerprint density at radius 3 is 1.78 bits per heavy atom. The molecule has 0 heterocycles. The highest BCUT2D eigenvalue weighted by atomic mass is 16.6. The summed E-state index contributed by atoms with van der Waals surface area (Å²) in [6, 6.07) is 9.22. The lowest BCUT2D eigenvalue weighted by Gasteiger charge is -2.28. The number of amides is 2. The molecule has 0 aliphatic rings. The van der Waals surface area contributed by atoms with Crippen molar-refractivity contribution in [2.45, 2.75) is 65.8 Å². The van der Waals surface area contributed by atoms with E-state index in [1.54, 1.807) is 41.5 Å². The summed E-state index contributed by atoms with van der Waals surface area (Å²) in [4.78, 5) is 37.4. The Bertz CT molecular complexity index is 615. The van der Waals surface area contributed by atoms with Crippen molar-refractivity contribution in [1.82, 2.24) is 4.90 Å². The summed E-state index contributed by atoms with van der Waals surface area (Å²) in [5.41, 5.74) is -0.724. The zero-order valence-corrected chi connectivity index (χ0v) is 16.9. The van der Waals surface area contributed by atoms with Gasteiger partial charge in [0, 0.05) is 6.54 Å². The fourth-order valence-electron chi connectivity index (χ4n) is 1.90. The summed E-state index contributed by atoms with van der Waals surface area (Å²) in [5.74, 6) is -0.532. The van der Waals surface area contributed by atoms with Gasteiger partial charge in [0.05, 0.1) is 6.42 Å². The highest BCUT2D eigenvalue weighted by Crippen LogP contribution is 2.15. The summed E-state index contributed by atoms with van der Waals surface area (Å²) in [7, 11) is 0. The zero-order chi connectivity index (χ0) is 20.7. The van der Waals surface area contributed by atoms with Gasteiger partial charge in [0.2, 0.25) is 0 Å². The number of carbonyl (C=O) groups excluding carboxylic acids is 3. The second kappa shape index (κ2) is 9.39. The number of esters is 1. The van der Waals surface area contributed by atoms with Crippen LogP contribution in [0.4, 0.5) is 9.59 Å². The minimum Gasteiger partial charge on any atom is -0.461 e. The van der Waals surface area contributed by atoms with Crippen LogP contribution in [0.1, 0.15) is 53.5 Å². The van der Waals surface area contributed by atoms with E-state index in [9.17, 15) is 14.4 Å². The minimum absolute atomic E-state index is 0.124. The minimum atomic E-state index is -0.868. The summed E-state index contributed by atoms with van der Waals surface area (Å²) < 4.78 is 15.6. The van der Waals surface area contributed by atoms with Gasteiger partial charge in [-0.25, -0.2) is 14.5 Å². The van der Waals surface area contributed by atoms with Crippen molar-refractivity contribution in [1.29, 1.82) is 0 Å². The molecule has 0 aliphatic heterocycles. The van der Waals surface area contributed by atoms with Crippen molar-refractivity contribution >= 4 is 18.2 Å². The second-order valence-corrected chi connectivity index (χ2v) is 8.01. The maximum absolute atomic E-state index is 12.3. The molecule has 1 rings (SSSR count). The van der Waals surface area contributed by atoms with E-state index in [1.165, 1.54) is 0 Å². The Morgan fingerprint density at radius 1 is 0.852 bits per heavy atom. The van der Waals surface area contributed by atoms with Gasteiger partial charge in [0.15, 0.2) is 0 Å². The Hall–Kier alpha value is -2.57. The molecule has 2 amide bonds. The van der Waals surface area contributed by atoms with E-state index in [1.807, 2.05) is 30.3 Å². The van der Waals surface area contributed by atoms with Crippen LogP contribution in [-0.4, -0.2) is 40.8 Å². The molecule has 150 valence electrons. The molecule has 1 aromatic carbocycles. The molecule has 7 heteroatoms. The average molecular weight is 379 g/mol. The van der Waals surface area contributed by atoms with Crippen molar-refractivity contribution in [3.05, 3.63) is 35.9 Å². The standard InChI is InChI=1S/C20H29NO6/c1-19(2,3)26-17(23)21(18(24)27-20(4,5)6)13-12-16(22)25-14-15-10-8-7-9-11-15/h7-11H,12-14H2,1-6H3. The average Bonchev–Trinajstić information content (AvgIpc) is 2.50. The number of benzene rings is 1. The van der Waals surface area contributed by atoms with Crippen molar-refractivity contribution in [3.63, 3.8) is 0 Å². The fraction of sp³-hybridized carbons (Fsp3) is 0.550. The van der Waals surface area contributed by atoms with Crippen LogP contribution >= 0.6 is 0 Å². The molecule has 0 saturated carbocycles. The van der Waals surface area contributed by atoms with Crippen LogP contribution in [0.2, 0.25) is 0 Å². The second-order valence-electron chi connectivity index (χ2n) is 8.01. The first kappa shape index (κ1) is 22.5.